The van der Waals surface area contributed by atoms with Gasteiger partial charge in [-0.2, -0.15) is 0 Å². The van der Waals surface area contributed by atoms with Crippen LogP contribution in [0.4, 0.5) is 0 Å². The van der Waals surface area contributed by atoms with Crippen LogP contribution in [0.2, 0.25) is 0 Å². The number of oxazole rings is 1. The molecule has 6 heteroatoms. The van der Waals surface area contributed by atoms with Crippen molar-refractivity contribution in [2.75, 3.05) is 13.7 Å². The first kappa shape index (κ1) is 20.8. The van der Waals surface area contributed by atoms with Crippen molar-refractivity contribution in [3.05, 3.63) is 46.7 Å². The van der Waals surface area contributed by atoms with Crippen molar-refractivity contribution in [2.45, 2.75) is 54.1 Å². The Morgan fingerprint density at radius 1 is 1.19 bits per heavy atom. The molecular weight excluding hydrogens is 340 g/mol. The highest BCUT2D eigenvalue weighted by Crippen LogP contribution is 2.21. The molecular formula is C21H32N4O2. The van der Waals surface area contributed by atoms with E-state index < -0.39 is 0 Å². The van der Waals surface area contributed by atoms with E-state index in [1.165, 1.54) is 5.56 Å². The van der Waals surface area contributed by atoms with E-state index in [9.17, 15) is 0 Å². The van der Waals surface area contributed by atoms with E-state index in [0.29, 0.717) is 30.9 Å². The van der Waals surface area contributed by atoms with Crippen molar-refractivity contribution < 1.29 is 9.15 Å². The van der Waals surface area contributed by atoms with Crippen LogP contribution in [0.25, 0.3) is 0 Å². The summed E-state index contributed by atoms with van der Waals surface area (Å²) in [6.07, 6.45) is 1.04. The maximum atomic E-state index is 6.01. The molecule has 0 fully saturated rings. The summed E-state index contributed by atoms with van der Waals surface area (Å²) in [6.45, 7) is 12.2. The summed E-state index contributed by atoms with van der Waals surface area (Å²) < 4.78 is 11.6. The molecule has 2 rings (SSSR count). The molecule has 1 aromatic heterocycles. The van der Waals surface area contributed by atoms with Crippen molar-refractivity contribution in [3.63, 3.8) is 0 Å². The second-order valence-electron chi connectivity index (χ2n) is 7.17. The van der Waals surface area contributed by atoms with Gasteiger partial charge in [-0.25, -0.2) is 4.98 Å². The highest BCUT2D eigenvalue weighted by Gasteiger charge is 2.09. The summed E-state index contributed by atoms with van der Waals surface area (Å²) >= 11 is 0. The van der Waals surface area contributed by atoms with Crippen LogP contribution < -0.4 is 15.4 Å². The molecule has 0 saturated heterocycles. The summed E-state index contributed by atoms with van der Waals surface area (Å²) in [6, 6.07) is 6.29. The molecule has 2 aromatic rings. The fourth-order valence-corrected chi connectivity index (χ4v) is 2.52. The Morgan fingerprint density at radius 2 is 1.93 bits per heavy atom. The van der Waals surface area contributed by atoms with Crippen LogP contribution in [0, 0.1) is 26.7 Å². The van der Waals surface area contributed by atoms with Gasteiger partial charge in [0.05, 0.1) is 18.8 Å². The van der Waals surface area contributed by atoms with Gasteiger partial charge in [-0.15, -0.1) is 0 Å². The maximum absolute atomic E-state index is 6.01. The monoisotopic (exact) mass is 372 g/mol. The van der Waals surface area contributed by atoms with Crippen LogP contribution >= 0.6 is 0 Å². The predicted octanol–water partition coefficient (Wildman–Crippen LogP) is 3.89. The predicted molar refractivity (Wildman–Crippen MR) is 109 cm³/mol. The van der Waals surface area contributed by atoms with Crippen LogP contribution in [0.5, 0.6) is 5.75 Å². The third kappa shape index (κ3) is 6.62. The normalized spacial score (nSPS) is 11.7. The summed E-state index contributed by atoms with van der Waals surface area (Å²) in [5, 5.41) is 6.55. The van der Waals surface area contributed by atoms with E-state index in [1.54, 1.807) is 7.05 Å². The van der Waals surface area contributed by atoms with E-state index in [0.717, 1.165) is 35.8 Å². The average molecular weight is 373 g/mol. The minimum absolute atomic E-state index is 0.486. The number of benzene rings is 1. The molecule has 1 aromatic carbocycles. The smallest absolute Gasteiger partial charge is 0.214 e. The Bertz CT molecular complexity index is 746. The minimum Gasteiger partial charge on any atom is -0.493 e. The number of ether oxygens (including phenoxy) is 1. The number of rotatable bonds is 8. The molecule has 0 aliphatic carbocycles. The number of nitrogens with zero attached hydrogens (tertiary/aromatic N) is 2. The van der Waals surface area contributed by atoms with Crippen LogP contribution in [0.1, 0.15) is 48.7 Å². The maximum Gasteiger partial charge on any atom is 0.214 e. The lowest BCUT2D eigenvalue weighted by atomic mass is 10.1. The second kappa shape index (κ2) is 10.00. The van der Waals surface area contributed by atoms with Gasteiger partial charge in [0, 0.05) is 19.2 Å². The van der Waals surface area contributed by atoms with Gasteiger partial charge in [-0.1, -0.05) is 26.0 Å². The molecule has 0 atom stereocenters. The van der Waals surface area contributed by atoms with Crippen LogP contribution in [-0.4, -0.2) is 24.6 Å². The van der Waals surface area contributed by atoms with Crippen LogP contribution in [0.3, 0.4) is 0 Å². The molecule has 0 bridgehead atoms. The number of hydrogen-bond acceptors (Lipinski definition) is 4. The van der Waals surface area contributed by atoms with Crippen LogP contribution in [0.15, 0.2) is 27.6 Å². The minimum atomic E-state index is 0.486. The molecule has 27 heavy (non-hydrogen) atoms. The standard InChI is InChI=1S/C21H32N4O2/c1-14(2)9-10-26-19-11-15(3)7-8-18(19)12-23-21(22-6)24-13-20-25-16(4)17(5)27-20/h7-8,11,14H,9-10,12-13H2,1-6H3,(H2,22,23,24). The molecule has 0 spiro atoms. The van der Waals surface area contributed by atoms with Gasteiger partial charge in [-0.3, -0.25) is 4.99 Å². The van der Waals surface area contributed by atoms with Crippen molar-refractivity contribution in [3.8, 4) is 5.75 Å². The van der Waals surface area contributed by atoms with Crippen LogP contribution in [-0.2, 0) is 13.1 Å². The first-order chi connectivity index (χ1) is 12.9. The lowest BCUT2D eigenvalue weighted by molar-refractivity contribution is 0.286. The largest absolute Gasteiger partial charge is 0.493 e. The zero-order chi connectivity index (χ0) is 19.8. The number of nitrogens with one attached hydrogen (secondary N) is 2. The zero-order valence-corrected chi connectivity index (χ0v) is 17.3. The quantitative estimate of drug-likeness (QED) is 0.543. The number of aryl methyl sites for hydroxylation is 3. The van der Waals surface area contributed by atoms with Gasteiger partial charge >= 0.3 is 0 Å². The molecule has 2 N–H and O–H groups in total. The third-order valence-corrected chi connectivity index (χ3v) is 4.33. The SMILES string of the molecule is CN=C(NCc1nc(C)c(C)o1)NCc1ccc(C)cc1OCCC(C)C. The first-order valence-corrected chi connectivity index (χ1v) is 9.48. The van der Waals surface area contributed by atoms with E-state index in [4.69, 9.17) is 9.15 Å². The summed E-state index contributed by atoms with van der Waals surface area (Å²) in [5.74, 6) is 3.75. The van der Waals surface area contributed by atoms with E-state index in [-0.39, 0.29) is 0 Å². The average Bonchev–Trinajstić information content (AvgIpc) is 2.94. The molecule has 0 radical (unpaired) electrons. The Labute approximate surface area is 162 Å². The van der Waals surface area contributed by atoms with Crippen molar-refractivity contribution in [1.82, 2.24) is 15.6 Å². The number of aromatic nitrogens is 1. The Morgan fingerprint density at radius 3 is 2.56 bits per heavy atom. The third-order valence-electron chi connectivity index (χ3n) is 4.33. The molecule has 0 saturated carbocycles. The Balaban J connectivity index is 1.92. The zero-order valence-electron chi connectivity index (χ0n) is 17.3. The van der Waals surface area contributed by atoms with Gasteiger partial charge in [-0.05, 0) is 44.7 Å². The molecule has 0 aliphatic rings. The highest BCUT2D eigenvalue weighted by atomic mass is 16.5. The van der Waals surface area contributed by atoms with Gasteiger partial charge in [0.1, 0.15) is 11.5 Å². The van der Waals surface area contributed by atoms with Crippen molar-refractivity contribution in [1.29, 1.82) is 0 Å². The van der Waals surface area contributed by atoms with Gasteiger partial charge in [0.2, 0.25) is 5.89 Å². The van der Waals surface area contributed by atoms with Gasteiger partial charge < -0.3 is 19.8 Å². The van der Waals surface area contributed by atoms with Crippen molar-refractivity contribution >= 4 is 5.96 Å². The van der Waals surface area contributed by atoms with Crippen molar-refractivity contribution in [2.24, 2.45) is 10.9 Å². The summed E-state index contributed by atoms with van der Waals surface area (Å²) in [5.41, 5.74) is 3.21. The molecule has 0 unspecified atom stereocenters. The second-order valence-corrected chi connectivity index (χ2v) is 7.17. The van der Waals surface area contributed by atoms with E-state index >= 15 is 0 Å². The molecule has 148 valence electrons. The molecule has 0 aliphatic heterocycles. The number of hydrogen-bond donors (Lipinski definition) is 2. The number of aliphatic imine (C=N–C) groups is 1. The lowest BCUT2D eigenvalue weighted by Gasteiger charge is -2.15. The topological polar surface area (TPSA) is 71.7 Å². The lowest BCUT2D eigenvalue weighted by Crippen LogP contribution is -2.36. The van der Waals surface area contributed by atoms with E-state index in [1.807, 2.05) is 13.8 Å². The van der Waals surface area contributed by atoms with Gasteiger partial charge in [0.25, 0.3) is 0 Å². The molecule has 6 nitrogen and oxygen atoms in total. The first-order valence-electron chi connectivity index (χ1n) is 9.48. The summed E-state index contributed by atoms with van der Waals surface area (Å²) in [7, 11) is 1.75. The fraction of sp³-hybridized carbons (Fsp3) is 0.524. The van der Waals surface area contributed by atoms with Gasteiger partial charge in [0.15, 0.2) is 5.96 Å². The number of guanidine groups is 1. The molecule has 0 amide bonds. The highest BCUT2D eigenvalue weighted by molar-refractivity contribution is 5.79. The Kier molecular flexibility index (Phi) is 7.70. The fourth-order valence-electron chi connectivity index (χ4n) is 2.52. The summed E-state index contributed by atoms with van der Waals surface area (Å²) in [4.78, 5) is 8.64. The molecule has 1 heterocycles. The van der Waals surface area contributed by atoms with E-state index in [2.05, 4.69) is 59.6 Å². The Hall–Kier alpha value is -2.50.